The van der Waals surface area contributed by atoms with E-state index in [0.29, 0.717) is 6.04 Å². The second-order valence-corrected chi connectivity index (χ2v) is 4.58. The van der Waals surface area contributed by atoms with Crippen molar-refractivity contribution in [2.75, 3.05) is 6.26 Å². The van der Waals surface area contributed by atoms with Crippen LogP contribution < -0.4 is 0 Å². The maximum atomic E-state index is 2.54. The molecule has 0 saturated carbocycles. The molecule has 0 aromatic carbocycles. The molecule has 13 heavy (non-hydrogen) atoms. The van der Waals surface area contributed by atoms with Crippen LogP contribution in [0.4, 0.5) is 0 Å². The van der Waals surface area contributed by atoms with Gasteiger partial charge < -0.3 is 0 Å². The highest BCUT2D eigenvalue weighted by atomic mass is 32.2. The van der Waals surface area contributed by atoms with Crippen molar-refractivity contribution in [1.29, 1.82) is 0 Å². The summed E-state index contributed by atoms with van der Waals surface area (Å²) in [6.45, 7) is 9.19. The molecule has 0 aromatic heterocycles. The van der Waals surface area contributed by atoms with E-state index in [-0.39, 0.29) is 0 Å². The van der Waals surface area contributed by atoms with E-state index in [9.17, 15) is 0 Å². The molecule has 0 radical (unpaired) electrons. The van der Waals surface area contributed by atoms with Crippen molar-refractivity contribution in [3.05, 3.63) is 0 Å². The monoisotopic (exact) mass is 203 g/mol. The molecule has 2 atom stereocenters. The molecule has 0 spiro atoms. The molecule has 0 fully saturated rings. The van der Waals surface area contributed by atoms with Gasteiger partial charge in [-0.15, -0.1) is 0 Å². The Morgan fingerprint density at radius 1 is 1.15 bits per heavy atom. The maximum absolute atomic E-state index is 2.54. The molecule has 0 heterocycles. The molecule has 0 aliphatic heterocycles. The summed E-state index contributed by atoms with van der Waals surface area (Å²) in [5, 5.41) is 0. The smallest absolute Gasteiger partial charge is 0.0177 e. The minimum Gasteiger partial charge on any atom is -0.245 e. The van der Waals surface area contributed by atoms with Crippen LogP contribution >= 0.6 is 11.9 Å². The van der Waals surface area contributed by atoms with Gasteiger partial charge >= 0.3 is 0 Å². The summed E-state index contributed by atoms with van der Waals surface area (Å²) in [6, 6.07) is 1.44. The van der Waals surface area contributed by atoms with Crippen LogP contribution in [-0.4, -0.2) is 22.6 Å². The van der Waals surface area contributed by atoms with Crippen LogP contribution in [0.15, 0.2) is 0 Å². The average molecular weight is 203 g/mol. The zero-order chi connectivity index (χ0) is 10.3. The molecule has 0 saturated heterocycles. The van der Waals surface area contributed by atoms with E-state index in [1.165, 1.54) is 25.7 Å². The quantitative estimate of drug-likeness (QED) is 0.577. The zero-order valence-corrected chi connectivity index (χ0v) is 10.7. The molecular formula is C11H25NS. The van der Waals surface area contributed by atoms with Gasteiger partial charge in [0.05, 0.1) is 0 Å². The van der Waals surface area contributed by atoms with Crippen LogP contribution in [0.1, 0.15) is 53.4 Å². The van der Waals surface area contributed by atoms with E-state index >= 15 is 0 Å². The highest BCUT2D eigenvalue weighted by Crippen LogP contribution is 2.21. The lowest BCUT2D eigenvalue weighted by Crippen LogP contribution is -2.33. The first-order valence-electron chi connectivity index (χ1n) is 5.49. The highest BCUT2D eigenvalue weighted by Gasteiger charge is 2.17. The normalized spacial score (nSPS) is 16.2. The molecule has 0 N–H and O–H groups in total. The highest BCUT2D eigenvalue weighted by molar-refractivity contribution is 7.96. The van der Waals surface area contributed by atoms with Crippen LogP contribution in [0, 0.1) is 0 Å². The Balaban J connectivity index is 3.90. The number of hydrogen-bond donors (Lipinski definition) is 0. The minimum absolute atomic E-state index is 0.710. The second kappa shape index (κ2) is 7.69. The largest absolute Gasteiger partial charge is 0.245 e. The number of rotatable bonds is 7. The Hall–Kier alpha value is 0.310. The van der Waals surface area contributed by atoms with E-state index in [2.05, 4.69) is 38.3 Å². The van der Waals surface area contributed by atoms with E-state index < -0.39 is 0 Å². The number of hydrogen-bond acceptors (Lipinski definition) is 2. The van der Waals surface area contributed by atoms with Crippen molar-refractivity contribution in [1.82, 2.24) is 4.31 Å². The van der Waals surface area contributed by atoms with Crippen LogP contribution in [0.5, 0.6) is 0 Å². The van der Waals surface area contributed by atoms with Crippen molar-refractivity contribution < 1.29 is 0 Å². The minimum atomic E-state index is 0.710. The molecule has 1 nitrogen and oxygen atoms in total. The van der Waals surface area contributed by atoms with Crippen molar-refractivity contribution in [2.24, 2.45) is 0 Å². The lowest BCUT2D eigenvalue weighted by Gasteiger charge is -2.31. The van der Waals surface area contributed by atoms with E-state index in [1.54, 1.807) is 0 Å². The lowest BCUT2D eigenvalue weighted by atomic mass is 10.1. The van der Waals surface area contributed by atoms with Gasteiger partial charge in [0.15, 0.2) is 0 Å². The van der Waals surface area contributed by atoms with Gasteiger partial charge in [0, 0.05) is 12.1 Å². The standard InChI is InChI=1S/C11H25NS/c1-6-8-9-11(4)12(13-5)10(3)7-2/h10-11H,6-9H2,1-5H3. The molecule has 0 aromatic rings. The van der Waals surface area contributed by atoms with Crippen molar-refractivity contribution in [2.45, 2.75) is 65.5 Å². The Morgan fingerprint density at radius 2 is 1.77 bits per heavy atom. The zero-order valence-electron chi connectivity index (χ0n) is 9.84. The molecule has 0 aliphatic carbocycles. The van der Waals surface area contributed by atoms with E-state index in [1.807, 2.05) is 11.9 Å². The molecule has 0 bridgehead atoms. The van der Waals surface area contributed by atoms with Gasteiger partial charge in [-0.1, -0.05) is 38.6 Å². The Kier molecular flexibility index (Phi) is 7.87. The second-order valence-electron chi connectivity index (χ2n) is 3.79. The first-order valence-corrected chi connectivity index (χ1v) is 6.67. The van der Waals surface area contributed by atoms with Crippen LogP contribution in [-0.2, 0) is 0 Å². The average Bonchev–Trinajstić information content (AvgIpc) is 2.15. The summed E-state index contributed by atoms with van der Waals surface area (Å²) < 4.78 is 2.54. The van der Waals surface area contributed by atoms with Crippen LogP contribution in [0.25, 0.3) is 0 Å². The van der Waals surface area contributed by atoms with Crippen molar-refractivity contribution >= 4 is 11.9 Å². The predicted molar refractivity (Wildman–Crippen MR) is 64.1 cm³/mol. The van der Waals surface area contributed by atoms with E-state index in [4.69, 9.17) is 0 Å². The third-order valence-electron chi connectivity index (χ3n) is 2.65. The number of unbranched alkanes of at least 4 members (excludes halogenated alkanes) is 1. The summed E-state index contributed by atoms with van der Waals surface area (Å²) in [5.41, 5.74) is 0. The molecule has 2 unspecified atom stereocenters. The fourth-order valence-corrected chi connectivity index (χ4v) is 2.58. The van der Waals surface area contributed by atoms with Gasteiger partial charge in [0.25, 0.3) is 0 Å². The first kappa shape index (κ1) is 13.3. The van der Waals surface area contributed by atoms with E-state index in [0.717, 1.165) is 6.04 Å². The maximum Gasteiger partial charge on any atom is 0.0177 e. The van der Waals surface area contributed by atoms with Crippen molar-refractivity contribution in [3.63, 3.8) is 0 Å². The Labute approximate surface area is 88.4 Å². The Morgan fingerprint density at radius 3 is 2.15 bits per heavy atom. The molecule has 0 aliphatic rings. The van der Waals surface area contributed by atoms with Gasteiger partial charge in [0.2, 0.25) is 0 Å². The predicted octanol–water partition coefficient (Wildman–Crippen LogP) is 3.94. The molecule has 0 rings (SSSR count). The van der Waals surface area contributed by atoms with Gasteiger partial charge in [-0.2, -0.15) is 0 Å². The fourth-order valence-electron chi connectivity index (χ4n) is 1.60. The van der Waals surface area contributed by atoms with Gasteiger partial charge in [-0.05, 0) is 32.9 Å². The molecular weight excluding hydrogens is 178 g/mol. The summed E-state index contributed by atoms with van der Waals surface area (Å²) in [4.78, 5) is 0. The summed E-state index contributed by atoms with van der Waals surface area (Å²) in [5.74, 6) is 0. The van der Waals surface area contributed by atoms with Crippen LogP contribution in [0.2, 0.25) is 0 Å². The fraction of sp³-hybridized carbons (Fsp3) is 1.00. The SMILES string of the molecule is CCCCC(C)N(SC)C(C)CC. The van der Waals surface area contributed by atoms with Gasteiger partial charge in [0.1, 0.15) is 0 Å². The van der Waals surface area contributed by atoms with Crippen LogP contribution in [0.3, 0.4) is 0 Å². The first-order chi connectivity index (χ1) is 6.17. The third-order valence-corrected chi connectivity index (χ3v) is 3.79. The molecule has 80 valence electrons. The summed E-state index contributed by atoms with van der Waals surface area (Å²) in [6.07, 6.45) is 7.44. The topological polar surface area (TPSA) is 3.24 Å². The van der Waals surface area contributed by atoms with Crippen molar-refractivity contribution in [3.8, 4) is 0 Å². The number of nitrogens with zero attached hydrogens (tertiary/aromatic N) is 1. The van der Waals surface area contributed by atoms with Gasteiger partial charge in [-0.25, -0.2) is 4.31 Å². The summed E-state index contributed by atoms with van der Waals surface area (Å²) >= 11 is 1.89. The third kappa shape index (κ3) is 4.92. The molecule has 0 amide bonds. The Bertz CT molecular complexity index is 117. The lowest BCUT2D eigenvalue weighted by molar-refractivity contribution is 0.280. The van der Waals surface area contributed by atoms with Gasteiger partial charge in [-0.3, -0.25) is 0 Å². The molecule has 2 heteroatoms. The summed E-state index contributed by atoms with van der Waals surface area (Å²) in [7, 11) is 0.